The van der Waals surface area contributed by atoms with Crippen LogP contribution in [0, 0.1) is 12.7 Å². The molecule has 0 aliphatic rings. The molecule has 0 radical (unpaired) electrons. The molecule has 2 aromatic rings. The number of nitrogens with zero attached hydrogens (tertiary/aromatic N) is 2. The summed E-state index contributed by atoms with van der Waals surface area (Å²) >= 11 is 0. The smallest absolute Gasteiger partial charge is 0.255 e. The van der Waals surface area contributed by atoms with Gasteiger partial charge < -0.3 is 4.74 Å². The van der Waals surface area contributed by atoms with Crippen LogP contribution in [0.2, 0.25) is 0 Å². The summed E-state index contributed by atoms with van der Waals surface area (Å²) in [5.74, 6) is -0.481. The molecule has 0 unspecified atom stereocenters. The van der Waals surface area contributed by atoms with Crippen molar-refractivity contribution in [1.29, 1.82) is 0 Å². The van der Waals surface area contributed by atoms with Crippen LogP contribution in [0.1, 0.15) is 11.1 Å². The molecule has 0 aliphatic heterocycles. The summed E-state index contributed by atoms with van der Waals surface area (Å²) in [4.78, 5) is 12.0. The number of hydrogen-bond donors (Lipinski definition) is 1. The van der Waals surface area contributed by atoms with Crippen LogP contribution in [0.25, 0.3) is 0 Å². The second-order valence-corrected chi connectivity index (χ2v) is 7.79. The third-order valence-corrected chi connectivity index (χ3v) is 5.49. The highest BCUT2D eigenvalue weighted by molar-refractivity contribution is 7.89. The molecule has 7 nitrogen and oxygen atoms in total. The molecule has 1 amide bonds. The fraction of sp³-hybridized carbons (Fsp3) is 0.222. The quantitative estimate of drug-likeness (QED) is 0.575. The van der Waals surface area contributed by atoms with Gasteiger partial charge in [-0.1, -0.05) is 12.1 Å². The highest BCUT2D eigenvalue weighted by Crippen LogP contribution is 2.23. The standard InChI is InChI=1S/C18H20FN3O4S/c1-13-9-16(7-8-17(13)26-3)27(24,25)22(2)12-18(23)21-20-11-14-5-4-6-15(19)10-14/h4-11H,12H2,1-3H3,(H,21,23). The van der Waals surface area contributed by atoms with Gasteiger partial charge in [0.05, 0.1) is 24.8 Å². The summed E-state index contributed by atoms with van der Waals surface area (Å²) in [7, 11) is -1.06. The highest BCUT2D eigenvalue weighted by atomic mass is 32.2. The van der Waals surface area contributed by atoms with Crippen molar-refractivity contribution in [3.05, 3.63) is 59.4 Å². The molecule has 0 aliphatic carbocycles. The first-order valence-electron chi connectivity index (χ1n) is 7.92. The number of likely N-dealkylation sites (N-methyl/N-ethyl adjacent to an activating group) is 1. The van der Waals surface area contributed by atoms with Crippen molar-refractivity contribution in [3.63, 3.8) is 0 Å². The predicted molar refractivity (Wildman–Crippen MR) is 99.7 cm³/mol. The molecule has 0 fully saturated rings. The van der Waals surface area contributed by atoms with E-state index in [1.165, 1.54) is 50.7 Å². The molecule has 9 heteroatoms. The molecule has 0 heterocycles. The van der Waals surface area contributed by atoms with Crippen LogP contribution in [-0.4, -0.2) is 45.5 Å². The van der Waals surface area contributed by atoms with Gasteiger partial charge in [0.25, 0.3) is 5.91 Å². The van der Waals surface area contributed by atoms with E-state index < -0.39 is 28.3 Å². The molecule has 0 saturated carbocycles. The van der Waals surface area contributed by atoms with Crippen molar-refractivity contribution in [2.24, 2.45) is 5.10 Å². The molecule has 0 aromatic heterocycles. The number of benzene rings is 2. The number of hydrazone groups is 1. The Morgan fingerprint density at radius 2 is 2.04 bits per heavy atom. The van der Waals surface area contributed by atoms with Gasteiger partial charge in [-0.25, -0.2) is 18.2 Å². The molecule has 1 N–H and O–H groups in total. The van der Waals surface area contributed by atoms with Crippen molar-refractivity contribution >= 4 is 22.1 Å². The third-order valence-electron chi connectivity index (χ3n) is 3.69. The zero-order chi connectivity index (χ0) is 20.0. The second kappa shape index (κ2) is 8.74. The summed E-state index contributed by atoms with van der Waals surface area (Å²) in [6.07, 6.45) is 1.27. The minimum absolute atomic E-state index is 0.0550. The van der Waals surface area contributed by atoms with E-state index in [0.29, 0.717) is 16.9 Å². The number of carbonyl (C=O) groups excluding carboxylic acids is 1. The van der Waals surface area contributed by atoms with Crippen LogP contribution >= 0.6 is 0 Å². The Labute approximate surface area is 157 Å². The maximum Gasteiger partial charge on any atom is 0.255 e. The Kier molecular flexibility index (Phi) is 6.65. The van der Waals surface area contributed by atoms with E-state index in [9.17, 15) is 17.6 Å². The Morgan fingerprint density at radius 1 is 1.30 bits per heavy atom. The number of amides is 1. The predicted octanol–water partition coefficient (Wildman–Crippen LogP) is 1.91. The number of nitrogens with one attached hydrogen (secondary N) is 1. The van der Waals surface area contributed by atoms with E-state index in [2.05, 4.69) is 10.5 Å². The monoisotopic (exact) mass is 393 g/mol. The fourth-order valence-electron chi connectivity index (χ4n) is 2.28. The molecule has 2 aromatic carbocycles. The van der Waals surface area contributed by atoms with E-state index in [1.54, 1.807) is 19.1 Å². The van der Waals surface area contributed by atoms with Gasteiger partial charge in [0.1, 0.15) is 11.6 Å². The first-order chi connectivity index (χ1) is 12.7. The van der Waals surface area contributed by atoms with E-state index in [1.807, 2.05) is 0 Å². The summed E-state index contributed by atoms with van der Waals surface area (Å²) in [6.45, 7) is 1.31. The number of carbonyl (C=O) groups is 1. The van der Waals surface area contributed by atoms with Crippen LogP contribution < -0.4 is 10.2 Å². The number of hydrogen-bond acceptors (Lipinski definition) is 5. The number of rotatable bonds is 7. The average Bonchev–Trinajstić information content (AvgIpc) is 2.61. The number of ether oxygens (including phenoxy) is 1. The van der Waals surface area contributed by atoms with Crippen LogP contribution in [0.5, 0.6) is 5.75 Å². The van der Waals surface area contributed by atoms with Crippen molar-refractivity contribution in [2.45, 2.75) is 11.8 Å². The van der Waals surface area contributed by atoms with Gasteiger partial charge in [0, 0.05) is 7.05 Å². The summed E-state index contributed by atoms with van der Waals surface area (Å²) in [5.41, 5.74) is 3.34. The zero-order valence-corrected chi connectivity index (χ0v) is 16.0. The van der Waals surface area contributed by atoms with E-state index in [0.717, 1.165) is 4.31 Å². The Hall–Kier alpha value is -2.78. The van der Waals surface area contributed by atoms with Gasteiger partial charge in [-0.2, -0.15) is 9.41 Å². The molecular formula is C18H20FN3O4S. The lowest BCUT2D eigenvalue weighted by Gasteiger charge is -2.17. The first kappa shape index (κ1) is 20.5. The summed E-state index contributed by atoms with van der Waals surface area (Å²) in [5, 5.41) is 3.70. The van der Waals surface area contributed by atoms with E-state index in [-0.39, 0.29) is 4.90 Å². The van der Waals surface area contributed by atoms with Crippen LogP contribution in [0.15, 0.2) is 52.5 Å². The topological polar surface area (TPSA) is 88.1 Å². The summed E-state index contributed by atoms with van der Waals surface area (Å²) in [6, 6.07) is 10.1. The lowest BCUT2D eigenvalue weighted by molar-refractivity contribution is -0.121. The molecule has 144 valence electrons. The molecular weight excluding hydrogens is 373 g/mol. The number of methoxy groups -OCH3 is 1. The third kappa shape index (κ3) is 5.35. The maximum atomic E-state index is 13.1. The first-order valence-corrected chi connectivity index (χ1v) is 9.36. The van der Waals surface area contributed by atoms with E-state index in [4.69, 9.17) is 4.74 Å². The molecule has 0 bridgehead atoms. The molecule has 27 heavy (non-hydrogen) atoms. The Balaban J connectivity index is 2.01. The molecule has 0 atom stereocenters. The van der Waals surface area contributed by atoms with Crippen molar-refractivity contribution in [1.82, 2.24) is 9.73 Å². The van der Waals surface area contributed by atoms with Crippen molar-refractivity contribution in [2.75, 3.05) is 20.7 Å². The van der Waals surface area contributed by atoms with Crippen molar-refractivity contribution < 1.29 is 22.3 Å². The number of halogens is 1. The van der Waals surface area contributed by atoms with Crippen LogP contribution in [0.3, 0.4) is 0 Å². The van der Waals surface area contributed by atoms with Gasteiger partial charge in [-0.3, -0.25) is 4.79 Å². The Morgan fingerprint density at radius 3 is 2.67 bits per heavy atom. The van der Waals surface area contributed by atoms with Gasteiger partial charge in [0.2, 0.25) is 10.0 Å². The SMILES string of the molecule is COc1ccc(S(=O)(=O)N(C)CC(=O)NN=Cc2cccc(F)c2)cc1C. The summed E-state index contributed by atoms with van der Waals surface area (Å²) < 4.78 is 44.2. The van der Waals surface area contributed by atoms with Gasteiger partial charge in [0.15, 0.2) is 0 Å². The van der Waals surface area contributed by atoms with Gasteiger partial charge >= 0.3 is 0 Å². The minimum Gasteiger partial charge on any atom is -0.496 e. The second-order valence-electron chi connectivity index (χ2n) is 5.74. The molecule has 0 spiro atoms. The average molecular weight is 393 g/mol. The van der Waals surface area contributed by atoms with E-state index >= 15 is 0 Å². The lowest BCUT2D eigenvalue weighted by atomic mass is 10.2. The van der Waals surface area contributed by atoms with Crippen LogP contribution in [0.4, 0.5) is 4.39 Å². The minimum atomic E-state index is -3.85. The maximum absolute atomic E-state index is 13.1. The van der Waals surface area contributed by atoms with Gasteiger partial charge in [-0.05, 0) is 48.4 Å². The fourth-order valence-corrected chi connectivity index (χ4v) is 3.49. The normalized spacial score (nSPS) is 11.7. The zero-order valence-electron chi connectivity index (χ0n) is 15.1. The number of sulfonamides is 1. The van der Waals surface area contributed by atoms with Gasteiger partial charge in [-0.15, -0.1) is 0 Å². The van der Waals surface area contributed by atoms with Crippen molar-refractivity contribution in [3.8, 4) is 5.75 Å². The molecule has 2 rings (SSSR count). The number of aryl methyl sites for hydroxylation is 1. The molecule has 0 saturated heterocycles. The Bertz CT molecular complexity index is 961. The van der Waals surface area contributed by atoms with Crippen LogP contribution in [-0.2, 0) is 14.8 Å². The lowest BCUT2D eigenvalue weighted by Crippen LogP contribution is -2.36. The largest absolute Gasteiger partial charge is 0.496 e. The highest BCUT2D eigenvalue weighted by Gasteiger charge is 2.23.